The Labute approximate surface area is 189 Å². The summed E-state index contributed by atoms with van der Waals surface area (Å²) in [4.78, 5) is 36.1. The third kappa shape index (κ3) is 5.08. The number of carbonyl (C=O) groups excluding carboxylic acids is 3. The molecule has 1 atom stereocenters. The van der Waals surface area contributed by atoms with Crippen LogP contribution in [0.1, 0.15) is 64.4 Å². The van der Waals surface area contributed by atoms with E-state index in [0.29, 0.717) is 11.1 Å². The predicted octanol–water partition coefficient (Wildman–Crippen LogP) is 3.72. The van der Waals surface area contributed by atoms with Crippen LogP contribution in [0.15, 0.2) is 24.3 Å². The average molecular weight is 442 g/mol. The molecule has 0 radical (unpaired) electrons. The van der Waals surface area contributed by atoms with Crippen LogP contribution in [0.25, 0.3) is 0 Å². The van der Waals surface area contributed by atoms with E-state index in [4.69, 9.17) is 10.5 Å². The number of alkyl carbamates (subject to hydrolysis) is 1. The summed E-state index contributed by atoms with van der Waals surface area (Å²) in [6, 6.07) is 7.02. The van der Waals surface area contributed by atoms with Crippen molar-refractivity contribution in [2.24, 2.45) is 29.4 Å². The van der Waals surface area contributed by atoms with Gasteiger partial charge in [0, 0.05) is 5.69 Å². The van der Waals surface area contributed by atoms with E-state index in [1.54, 1.807) is 0 Å². The lowest BCUT2D eigenvalue weighted by Gasteiger charge is -2.57. The van der Waals surface area contributed by atoms with Crippen LogP contribution < -0.4 is 16.4 Å². The van der Waals surface area contributed by atoms with E-state index < -0.39 is 23.9 Å². The maximum Gasteiger partial charge on any atom is 0.407 e. The Morgan fingerprint density at radius 2 is 1.59 bits per heavy atom. The number of nitrogens with two attached hydrogens (primary N) is 1. The Balaban J connectivity index is 1.39. The smallest absolute Gasteiger partial charge is 0.407 e. The Hall–Kier alpha value is -2.57. The molecule has 4 N–H and O–H groups in total. The lowest BCUT2D eigenvalue weighted by atomic mass is 9.48. The summed E-state index contributed by atoms with van der Waals surface area (Å²) in [6.45, 7) is 4.05. The van der Waals surface area contributed by atoms with Crippen molar-refractivity contribution in [2.75, 3.05) is 11.9 Å². The molecule has 7 heteroatoms. The van der Waals surface area contributed by atoms with E-state index in [2.05, 4.69) is 22.8 Å². The maximum atomic E-state index is 12.7. The van der Waals surface area contributed by atoms with Gasteiger partial charge in [0.1, 0.15) is 6.04 Å². The van der Waals surface area contributed by atoms with Crippen molar-refractivity contribution < 1.29 is 19.1 Å². The second-order valence-electron chi connectivity index (χ2n) is 10.6. The van der Waals surface area contributed by atoms with Gasteiger partial charge in [-0.15, -0.1) is 0 Å². The van der Waals surface area contributed by atoms with E-state index in [-0.39, 0.29) is 18.9 Å². The van der Waals surface area contributed by atoms with Crippen LogP contribution in [0.2, 0.25) is 0 Å². The number of carbonyl (C=O) groups is 3. The van der Waals surface area contributed by atoms with Gasteiger partial charge in [-0.1, -0.05) is 26.0 Å². The lowest BCUT2D eigenvalue weighted by molar-refractivity contribution is -0.123. The molecule has 0 saturated heterocycles. The fourth-order valence-electron chi connectivity index (χ4n) is 6.44. The molecule has 4 aliphatic rings. The van der Waals surface area contributed by atoms with Crippen molar-refractivity contribution in [1.82, 2.24) is 5.32 Å². The zero-order valence-electron chi connectivity index (χ0n) is 19.1. The number of rotatable bonds is 8. The van der Waals surface area contributed by atoms with Crippen molar-refractivity contribution in [1.29, 1.82) is 0 Å². The van der Waals surface area contributed by atoms with Gasteiger partial charge in [-0.2, -0.15) is 0 Å². The van der Waals surface area contributed by atoms with Crippen LogP contribution in [0.3, 0.4) is 0 Å². The summed E-state index contributed by atoms with van der Waals surface area (Å²) in [5, 5.41) is 5.25. The summed E-state index contributed by atoms with van der Waals surface area (Å²) in [5.41, 5.74) is 7.58. The van der Waals surface area contributed by atoms with Crippen molar-refractivity contribution in [2.45, 2.75) is 70.3 Å². The number of amides is 3. The first-order valence-electron chi connectivity index (χ1n) is 11.9. The van der Waals surface area contributed by atoms with E-state index in [9.17, 15) is 14.4 Å². The molecular formula is C25H35N3O4. The third-order valence-electron chi connectivity index (χ3n) is 7.36. The molecule has 4 saturated carbocycles. The molecule has 0 aromatic heterocycles. The fourth-order valence-corrected chi connectivity index (χ4v) is 6.44. The first-order valence-corrected chi connectivity index (χ1v) is 11.9. The molecule has 3 amide bonds. The van der Waals surface area contributed by atoms with Crippen LogP contribution in [0.4, 0.5) is 10.5 Å². The van der Waals surface area contributed by atoms with Crippen LogP contribution in [0, 0.1) is 23.7 Å². The molecule has 32 heavy (non-hydrogen) atoms. The quantitative estimate of drug-likeness (QED) is 0.571. The van der Waals surface area contributed by atoms with E-state index in [1.165, 1.54) is 44.1 Å². The Bertz CT molecular complexity index is 829. The minimum absolute atomic E-state index is 0.164. The Morgan fingerprint density at radius 1 is 1.03 bits per heavy atom. The molecule has 1 aromatic rings. The monoisotopic (exact) mass is 441 g/mol. The average Bonchev–Trinajstić information content (AvgIpc) is 2.71. The maximum absolute atomic E-state index is 12.7. The van der Waals surface area contributed by atoms with Gasteiger partial charge in [0.05, 0.1) is 13.0 Å². The molecular weight excluding hydrogens is 406 g/mol. The molecule has 0 heterocycles. The standard InChI is InChI=1S/C25H35N3O4/c1-15(2)14-32-24(31)28-21(10-22(26)29)23(30)27-20-5-3-19(4-6-20)25-11-16-7-17(12-25)9-18(8-16)13-25/h3-6,15-18,21H,7-14H2,1-2H3,(H2,26,29)(H,27,30)(H,28,31)/t16?,17?,18?,21-,25?/m1/s1. The van der Waals surface area contributed by atoms with Gasteiger partial charge < -0.3 is 21.1 Å². The lowest BCUT2D eigenvalue weighted by Crippen LogP contribution is -2.48. The van der Waals surface area contributed by atoms with Crippen LogP contribution >= 0.6 is 0 Å². The van der Waals surface area contributed by atoms with Gasteiger partial charge in [0.2, 0.25) is 11.8 Å². The van der Waals surface area contributed by atoms with E-state index in [1.807, 2.05) is 26.0 Å². The van der Waals surface area contributed by atoms with Gasteiger partial charge in [0.25, 0.3) is 0 Å². The van der Waals surface area contributed by atoms with Gasteiger partial charge in [-0.25, -0.2) is 4.79 Å². The molecule has 5 rings (SSSR count). The first kappa shape index (κ1) is 22.6. The van der Waals surface area contributed by atoms with Gasteiger partial charge in [-0.05, 0) is 85.3 Å². The largest absolute Gasteiger partial charge is 0.449 e. The van der Waals surface area contributed by atoms with Crippen molar-refractivity contribution in [3.63, 3.8) is 0 Å². The number of ether oxygens (including phenoxy) is 1. The van der Waals surface area contributed by atoms with Gasteiger partial charge in [0.15, 0.2) is 0 Å². The molecule has 4 bridgehead atoms. The van der Waals surface area contributed by atoms with Crippen molar-refractivity contribution >= 4 is 23.6 Å². The van der Waals surface area contributed by atoms with E-state index >= 15 is 0 Å². The molecule has 0 unspecified atom stereocenters. The Morgan fingerprint density at radius 3 is 2.09 bits per heavy atom. The molecule has 0 spiro atoms. The number of hydrogen-bond donors (Lipinski definition) is 3. The number of primary amides is 1. The number of benzene rings is 1. The molecule has 0 aliphatic heterocycles. The molecule has 4 fully saturated rings. The van der Waals surface area contributed by atoms with Crippen LogP contribution in [0.5, 0.6) is 0 Å². The predicted molar refractivity (Wildman–Crippen MR) is 122 cm³/mol. The Kier molecular flexibility index (Phi) is 6.45. The fraction of sp³-hybridized carbons (Fsp3) is 0.640. The highest BCUT2D eigenvalue weighted by Crippen LogP contribution is 2.60. The zero-order valence-corrected chi connectivity index (χ0v) is 19.1. The number of hydrogen-bond acceptors (Lipinski definition) is 4. The molecule has 174 valence electrons. The topological polar surface area (TPSA) is 111 Å². The highest BCUT2D eigenvalue weighted by molar-refractivity contribution is 5.99. The summed E-state index contributed by atoms with van der Waals surface area (Å²) >= 11 is 0. The summed E-state index contributed by atoms with van der Waals surface area (Å²) in [7, 11) is 0. The number of nitrogens with one attached hydrogen (secondary N) is 2. The van der Waals surface area contributed by atoms with Gasteiger partial charge >= 0.3 is 6.09 Å². The first-order chi connectivity index (χ1) is 15.2. The van der Waals surface area contributed by atoms with Crippen molar-refractivity contribution in [3.05, 3.63) is 29.8 Å². The molecule has 4 aliphatic carbocycles. The molecule has 1 aromatic carbocycles. The van der Waals surface area contributed by atoms with E-state index in [0.717, 1.165) is 17.8 Å². The zero-order chi connectivity index (χ0) is 22.9. The highest BCUT2D eigenvalue weighted by atomic mass is 16.5. The molecule has 7 nitrogen and oxygen atoms in total. The number of anilines is 1. The summed E-state index contributed by atoms with van der Waals surface area (Å²) in [5.74, 6) is 1.61. The SMILES string of the molecule is CC(C)COC(=O)N[C@H](CC(N)=O)C(=O)Nc1ccc(C23CC4CC(CC(C4)C2)C3)cc1. The van der Waals surface area contributed by atoms with Crippen LogP contribution in [-0.4, -0.2) is 30.6 Å². The highest BCUT2D eigenvalue weighted by Gasteiger charge is 2.51. The summed E-state index contributed by atoms with van der Waals surface area (Å²) < 4.78 is 5.07. The minimum Gasteiger partial charge on any atom is -0.449 e. The minimum atomic E-state index is -1.09. The van der Waals surface area contributed by atoms with Crippen molar-refractivity contribution in [3.8, 4) is 0 Å². The second-order valence-corrected chi connectivity index (χ2v) is 10.6. The van der Waals surface area contributed by atoms with Gasteiger partial charge in [-0.3, -0.25) is 9.59 Å². The second kappa shape index (κ2) is 9.12. The normalized spacial score (nSPS) is 28.9. The van der Waals surface area contributed by atoms with Crippen LogP contribution in [-0.2, 0) is 19.7 Å². The third-order valence-corrected chi connectivity index (χ3v) is 7.36. The summed E-state index contributed by atoms with van der Waals surface area (Å²) in [6.07, 6.45) is 7.03.